The van der Waals surface area contributed by atoms with E-state index in [0.29, 0.717) is 5.56 Å². The number of nitrogens with one attached hydrogen (secondary N) is 3. The summed E-state index contributed by atoms with van der Waals surface area (Å²) in [4.78, 5) is 33.4. The molecule has 25 heavy (non-hydrogen) atoms. The van der Waals surface area contributed by atoms with Crippen LogP contribution in [0.25, 0.3) is 11.0 Å². The molecule has 6 N–H and O–H groups in total. The van der Waals surface area contributed by atoms with Gasteiger partial charge in [-0.2, -0.15) is 0 Å². The van der Waals surface area contributed by atoms with Gasteiger partial charge in [-0.1, -0.05) is 13.8 Å². The number of aliphatic hydroxyl groups excluding tert-OH is 3. The van der Waals surface area contributed by atoms with Crippen LogP contribution in [0.3, 0.4) is 0 Å². The number of aromatic amines is 2. The number of hydrogen-bond acceptors (Lipinski definition) is 7. The number of H-pyrrole nitrogens is 2. The molecule has 0 unspecified atom stereocenters. The molecule has 10 nitrogen and oxygen atoms in total. The minimum atomic E-state index is -1.29. The van der Waals surface area contributed by atoms with Gasteiger partial charge >= 0.3 is 0 Å². The number of amides is 1. The number of hydrogen-bond donors (Lipinski definition) is 6. The molecule has 0 radical (unpaired) electrons. The van der Waals surface area contributed by atoms with Gasteiger partial charge in [0.25, 0.3) is 5.56 Å². The number of nitrogens with zero attached hydrogens (tertiary/aromatic N) is 1. The number of carbonyl (C=O) groups excluding carboxylic acids is 1. The number of anilines is 1. The fraction of sp³-hybridized carbons (Fsp3) is 0.533. The Morgan fingerprint density at radius 3 is 2.72 bits per heavy atom. The predicted octanol–water partition coefficient (Wildman–Crippen LogP) is -1.00. The van der Waals surface area contributed by atoms with E-state index in [0.717, 1.165) is 0 Å². The van der Waals surface area contributed by atoms with E-state index in [1.807, 2.05) is 0 Å². The van der Waals surface area contributed by atoms with Gasteiger partial charge in [-0.05, 0) is 0 Å². The van der Waals surface area contributed by atoms with E-state index >= 15 is 0 Å². The molecule has 0 bridgehead atoms. The molecule has 1 saturated heterocycles. The lowest BCUT2D eigenvalue weighted by Crippen LogP contribution is -2.32. The van der Waals surface area contributed by atoms with E-state index < -0.39 is 36.6 Å². The minimum absolute atomic E-state index is 0.0243. The molecular weight excluding hydrogens is 332 g/mol. The third-order valence-electron chi connectivity index (χ3n) is 4.18. The van der Waals surface area contributed by atoms with E-state index in [9.17, 15) is 24.9 Å². The summed E-state index contributed by atoms with van der Waals surface area (Å²) in [6.45, 7) is 2.94. The summed E-state index contributed by atoms with van der Waals surface area (Å²) >= 11 is 0. The van der Waals surface area contributed by atoms with Crippen LogP contribution in [0.1, 0.15) is 25.5 Å². The van der Waals surface area contributed by atoms with Gasteiger partial charge in [-0.15, -0.1) is 0 Å². The first kappa shape index (κ1) is 17.5. The number of aliphatic hydroxyl groups is 3. The number of carbonyl (C=O) groups is 1. The molecule has 1 aliphatic heterocycles. The number of aromatic nitrogens is 3. The maximum Gasteiger partial charge on any atom is 0.276 e. The average molecular weight is 352 g/mol. The zero-order valence-corrected chi connectivity index (χ0v) is 13.7. The fourth-order valence-corrected chi connectivity index (χ4v) is 2.73. The molecule has 3 rings (SSSR count). The average Bonchev–Trinajstić information content (AvgIpc) is 3.10. The quantitative estimate of drug-likeness (QED) is 0.411. The smallest absolute Gasteiger partial charge is 0.276 e. The molecule has 0 spiro atoms. The normalized spacial score (nSPS) is 26.5. The van der Waals surface area contributed by atoms with E-state index in [1.54, 1.807) is 13.8 Å². The van der Waals surface area contributed by atoms with Crippen LogP contribution < -0.4 is 10.9 Å². The largest absolute Gasteiger partial charge is 0.394 e. The number of fused-ring (bicyclic) bond motifs is 1. The molecule has 10 heteroatoms. The molecule has 0 aliphatic carbocycles. The third-order valence-corrected chi connectivity index (χ3v) is 4.18. The Balaban J connectivity index is 2.01. The molecule has 136 valence electrons. The molecule has 0 saturated carbocycles. The standard InChI is InChI=1S/C15H20N4O6/c1-5(2)13(23)18-15-17-8-6(3-16-9(8)14(24)19-15)12-11(22)10(21)7(4-20)25-12/h3,5,7,10-12,16,20-22H,4H2,1-2H3,(H2,17,18,19,23,24)/t7-,10-,11-,12+/m1/s1. The third kappa shape index (κ3) is 3.04. The Kier molecular flexibility index (Phi) is 4.60. The highest BCUT2D eigenvalue weighted by Gasteiger charge is 2.44. The molecule has 3 heterocycles. The maximum absolute atomic E-state index is 12.2. The fourth-order valence-electron chi connectivity index (χ4n) is 2.73. The van der Waals surface area contributed by atoms with Crippen LogP contribution in [0.4, 0.5) is 5.95 Å². The first-order chi connectivity index (χ1) is 11.8. The Bertz CT molecular complexity index is 844. The van der Waals surface area contributed by atoms with Crippen molar-refractivity contribution in [3.8, 4) is 0 Å². The lowest BCUT2D eigenvalue weighted by molar-refractivity contribution is -0.118. The second-order valence-electron chi connectivity index (χ2n) is 6.29. The van der Waals surface area contributed by atoms with E-state index in [4.69, 9.17) is 4.74 Å². The summed E-state index contributed by atoms with van der Waals surface area (Å²) in [7, 11) is 0. The second-order valence-corrected chi connectivity index (χ2v) is 6.29. The van der Waals surface area contributed by atoms with Crippen molar-refractivity contribution in [2.24, 2.45) is 5.92 Å². The van der Waals surface area contributed by atoms with Gasteiger partial charge in [0.1, 0.15) is 35.4 Å². The molecule has 2 aromatic heterocycles. The summed E-state index contributed by atoms with van der Waals surface area (Å²) in [5, 5.41) is 31.8. The monoisotopic (exact) mass is 352 g/mol. The van der Waals surface area contributed by atoms with Crippen molar-refractivity contribution in [1.29, 1.82) is 0 Å². The summed E-state index contributed by atoms with van der Waals surface area (Å²) in [5.41, 5.74) is 0.207. The molecule has 4 atom stereocenters. The van der Waals surface area contributed by atoms with Crippen molar-refractivity contribution in [3.05, 3.63) is 22.1 Å². The SMILES string of the molecule is CC(C)C(=O)Nc1nc2c([C@@H]3O[C@H](CO)[C@@H](O)[C@H]3O)c[nH]c2c(=O)[nH]1. The van der Waals surface area contributed by atoms with Crippen LogP contribution in [-0.2, 0) is 9.53 Å². The van der Waals surface area contributed by atoms with E-state index in [2.05, 4.69) is 20.3 Å². The maximum atomic E-state index is 12.2. The Morgan fingerprint density at radius 1 is 1.40 bits per heavy atom. The molecule has 1 fully saturated rings. The van der Waals surface area contributed by atoms with Gasteiger partial charge in [0.15, 0.2) is 0 Å². The van der Waals surface area contributed by atoms with Gasteiger partial charge in [0, 0.05) is 17.7 Å². The summed E-state index contributed by atoms with van der Waals surface area (Å²) in [6.07, 6.45) is -3.01. The minimum Gasteiger partial charge on any atom is -0.394 e. The van der Waals surface area contributed by atoms with E-state index in [-0.39, 0.29) is 28.8 Å². The Hall–Kier alpha value is -2.27. The highest BCUT2D eigenvalue weighted by atomic mass is 16.6. The Morgan fingerprint density at radius 2 is 2.12 bits per heavy atom. The molecular formula is C15H20N4O6. The Labute approximate surface area is 141 Å². The van der Waals surface area contributed by atoms with Crippen molar-refractivity contribution in [2.45, 2.75) is 38.3 Å². The van der Waals surface area contributed by atoms with Gasteiger partial charge in [0.05, 0.1) is 6.61 Å². The molecule has 1 amide bonds. The van der Waals surface area contributed by atoms with Crippen molar-refractivity contribution in [1.82, 2.24) is 15.0 Å². The van der Waals surface area contributed by atoms with Crippen molar-refractivity contribution in [3.63, 3.8) is 0 Å². The molecule has 2 aromatic rings. The topological polar surface area (TPSA) is 161 Å². The van der Waals surface area contributed by atoms with Gasteiger partial charge in [-0.25, -0.2) is 4.98 Å². The van der Waals surface area contributed by atoms with Crippen LogP contribution in [0.2, 0.25) is 0 Å². The highest BCUT2D eigenvalue weighted by Crippen LogP contribution is 2.36. The number of rotatable bonds is 4. The molecule has 0 aromatic carbocycles. The predicted molar refractivity (Wildman–Crippen MR) is 86.9 cm³/mol. The summed E-state index contributed by atoms with van der Waals surface area (Å²) in [6, 6.07) is 0. The first-order valence-corrected chi connectivity index (χ1v) is 7.88. The van der Waals surface area contributed by atoms with E-state index in [1.165, 1.54) is 6.20 Å². The van der Waals surface area contributed by atoms with Gasteiger partial charge < -0.3 is 25.0 Å². The van der Waals surface area contributed by atoms with Crippen LogP contribution in [-0.4, -0.2) is 61.1 Å². The van der Waals surface area contributed by atoms with Crippen LogP contribution >= 0.6 is 0 Å². The van der Waals surface area contributed by atoms with Crippen LogP contribution in [0.15, 0.2) is 11.0 Å². The zero-order valence-electron chi connectivity index (χ0n) is 13.7. The van der Waals surface area contributed by atoms with Crippen LogP contribution in [0.5, 0.6) is 0 Å². The second kappa shape index (κ2) is 6.56. The van der Waals surface area contributed by atoms with Crippen LogP contribution in [0, 0.1) is 5.92 Å². The molecule has 1 aliphatic rings. The van der Waals surface area contributed by atoms with Crippen molar-refractivity contribution >= 4 is 22.9 Å². The lowest BCUT2D eigenvalue weighted by atomic mass is 10.0. The number of ether oxygens (including phenoxy) is 1. The summed E-state index contributed by atoms with van der Waals surface area (Å²) < 4.78 is 5.48. The van der Waals surface area contributed by atoms with Crippen molar-refractivity contribution < 1.29 is 24.9 Å². The lowest BCUT2D eigenvalue weighted by Gasteiger charge is -2.13. The van der Waals surface area contributed by atoms with Gasteiger partial charge in [0.2, 0.25) is 11.9 Å². The highest BCUT2D eigenvalue weighted by molar-refractivity contribution is 5.91. The zero-order chi connectivity index (χ0) is 18.3. The first-order valence-electron chi connectivity index (χ1n) is 7.88. The van der Waals surface area contributed by atoms with Gasteiger partial charge in [-0.3, -0.25) is 19.9 Å². The van der Waals surface area contributed by atoms with Crippen molar-refractivity contribution in [2.75, 3.05) is 11.9 Å². The summed E-state index contributed by atoms with van der Waals surface area (Å²) in [5.74, 6) is -0.636.